The molecule has 45 heavy (non-hydrogen) atoms. The van der Waals surface area contributed by atoms with Gasteiger partial charge in [0.2, 0.25) is 11.8 Å². The number of nitrogens with zero attached hydrogens (tertiary/aromatic N) is 1. The molecule has 10 heteroatoms. The highest BCUT2D eigenvalue weighted by atomic mass is 127. The number of carbonyl (C=O) groups excluding carboxylic acids is 2. The van der Waals surface area contributed by atoms with Gasteiger partial charge in [0.05, 0.1) is 36.4 Å². The smallest absolute Gasteiger partial charge is 0.247 e. The van der Waals surface area contributed by atoms with Gasteiger partial charge in [0.1, 0.15) is 12.2 Å². The number of fused-ring (bicyclic) bond motifs is 2. The van der Waals surface area contributed by atoms with E-state index in [0.29, 0.717) is 50.5 Å². The third-order valence-corrected chi connectivity index (χ3v) is 11.1. The summed E-state index contributed by atoms with van der Waals surface area (Å²) in [5.41, 5.74) is 2.14. The lowest BCUT2D eigenvalue weighted by Crippen LogP contribution is -2.59. The number of halogens is 1. The summed E-state index contributed by atoms with van der Waals surface area (Å²) in [7, 11) is 1.50. The number of hydrogen-bond acceptors (Lipinski definition) is 7. The summed E-state index contributed by atoms with van der Waals surface area (Å²) in [4.78, 5) is 29.4. The lowest BCUT2D eigenvalue weighted by atomic mass is 9.45. The van der Waals surface area contributed by atoms with Crippen molar-refractivity contribution in [1.82, 2.24) is 10.2 Å². The van der Waals surface area contributed by atoms with Gasteiger partial charge in [0.25, 0.3) is 0 Å². The van der Waals surface area contributed by atoms with Gasteiger partial charge in [-0.2, -0.15) is 0 Å². The van der Waals surface area contributed by atoms with Crippen molar-refractivity contribution in [3.8, 4) is 11.5 Å². The van der Waals surface area contributed by atoms with Crippen LogP contribution in [0.1, 0.15) is 50.7 Å². The second kappa shape index (κ2) is 14.4. The molecule has 6 rings (SSSR count). The van der Waals surface area contributed by atoms with Crippen molar-refractivity contribution in [2.24, 2.45) is 23.2 Å². The van der Waals surface area contributed by atoms with Crippen molar-refractivity contribution in [2.75, 3.05) is 26.8 Å². The van der Waals surface area contributed by atoms with Crippen molar-refractivity contribution in [2.45, 2.75) is 70.8 Å². The maximum absolute atomic E-state index is 14.2. The van der Waals surface area contributed by atoms with Crippen molar-refractivity contribution in [3.05, 3.63) is 68.8 Å². The fourth-order valence-corrected chi connectivity index (χ4v) is 8.42. The summed E-state index contributed by atoms with van der Waals surface area (Å²) in [5.74, 6) is 1.80. The monoisotopic (exact) mass is 732 g/mol. The zero-order chi connectivity index (χ0) is 32.3. The Morgan fingerprint density at radius 1 is 1.11 bits per heavy atom. The molecule has 3 saturated carbocycles. The number of methoxy groups -OCH3 is 1. The van der Waals surface area contributed by atoms with E-state index in [0.717, 1.165) is 24.8 Å². The Hall–Kier alpha value is -2.67. The molecule has 4 aliphatic carbocycles. The molecule has 2 bridgehead atoms. The predicted molar refractivity (Wildman–Crippen MR) is 179 cm³/mol. The number of hydrogen-bond donors (Lipinski definition) is 4. The van der Waals surface area contributed by atoms with E-state index < -0.39 is 18.2 Å². The molecule has 3 fully saturated rings. The number of ether oxygens (including phenoxy) is 2. The Morgan fingerprint density at radius 2 is 1.87 bits per heavy atom. The third-order valence-electron chi connectivity index (χ3n) is 10.3. The highest BCUT2D eigenvalue weighted by molar-refractivity contribution is 14.1. The number of aliphatic hydroxyl groups is 3. The van der Waals surface area contributed by atoms with Gasteiger partial charge in [-0.1, -0.05) is 44.2 Å². The standard InChI is InChI=1S/C35H45IN2O7/c1-35(2)25-10-9-23(26(35)18-25)19-38(31(41)15-21-7-5-4-6-8-21)28-16-24(34(43)37-11-12-39)17-29(32(28)42)45-33-27(36)13-22(20-40)14-30(33)44-3/h4-8,13-14,17,23,25-26,28-29,32,39-40,42H,9-12,15-16,18-20H2,1-3H3,(H,37,43)/t23-,25-,26-,28+,29-,32-/m0/s1. The van der Waals surface area contributed by atoms with Crippen LogP contribution in [0.4, 0.5) is 0 Å². The Kier molecular flexibility index (Phi) is 10.8. The quantitative estimate of drug-likeness (QED) is 0.244. The van der Waals surface area contributed by atoms with Crippen LogP contribution >= 0.6 is 22.6 Å². The van der Waals surface area contributed by atoms with Crippen molar-refractivity contribution < 1.29 is 34.4 Å². The SMILES string of the molecule is COc1cc(CO)cc(I)c1O[C@H]1C=C(C(=O)NCCO)C[C@@H](N(C[C@@H]2CC[C@H]3C[C@@H]2C3(C)C)C(=O)Cc2ccccc2)[C@@H]1O. The maximum atomic E-state index is 14.2. The zero-order valence-electron chi connectivity index (χ0n) is 26.2. The minimum Gasteiger partial charge on any atom is -0.493 e. The Bertz CT molecular complexity index is 1400. The molecule has 9 nitrogen and oxygen atoms in total. The van der Waals surface area contributed by atoms with E-state index >= 15 is 0 Å². The number of aliphatic hydroxyl groups excluding tert-OH is 3. The van der Waals surface area contributed by atoms with Crippen LogP contribution in [0.2, 0.25) is 0 Å². The summed E-state index contributed by atoms with van der Waals surface area (Å²) in [6.45, 7) is 4.86. The third kappa shape index (κ3) is 7.18. The molecule has 2 aromatic carbocycles. The fraction of sp³-hybridized carbons (Fsp3) is 0.543. The molecule has 6 atom stereocenters. The highest BCUT2D eigenvalue weighted by Gasteiger charge is 2.55. The van der Waals surface area contributed by atoms with Crippen LogP contribution in [0.25, 0.3) is 0 Å². The minimum atomic E-state index is -1.14. The van der Waals surface area contributed by atoms with Gasteiger partial charge in [-0.25, -0.2) is 0 Å². The van der Waals surface area contributed by atoms with E-state index in [4.69, 9.17) is 9.47 Å². The van der Waals surface area contributed by atoms with Crippen LogP contribution in [-0.2, 0) is 22.6 Å². The van der Waals surface area contributed by atoms with Gasteiger partial charge in [-0.3, -0.25) is 9.59 Å². The summed E-state index contributed by atoms with van der Waals surface area (Å²) < 4.78 is 12.7. The molecular formula is C35H45IN2O7. The van der Waals surface area contributed by atoms with E-state index in [9.17, 15) is 24.9 Å². The highest BCUT2D eigenvalue weighted by Crippen LogP contribution is 2.61. The summed E-state index contributed by atoms with van der Waals surface area (Å²) in [6, 6.07) is 12.3. The van der Waals surface area contributed by atoms with Crippen LogP contribution in [0.3, 0.4) is 0 Å². The normalized spacial score (nSPS) is 26.7. The molecule has 2 amide bonds. The first-order chi connectivity index (χ1) is 21.6. The number of benzene rings is 2. The molecule has 0 spiro atoms. The van der Waals surface area contributed by atoms with Crippen LogP contribution in [0.15, 0.2) is 54.1 Å². The van der Waals surface area contributed by atoms with Crippen molar-refractivity contribution in [3.63, 3.8) is 0 Å². The second-order valence-corrected chi connectivity index (χ2v) is 14.4. The maximum Gasteiger partial charge on any atom is 0.247 e. The molecule has 0 aromatic heterocycles. The average molecular weight is 733 g/mol. The van der Waals surface area contributed by atoms with Crippen molar-refractivity contribution >= 4 is 34.4 Å². The molecule has 244 valence electrons. The van der Waals surface area contributed by atoms with Crippen molar-refractivity contribution in [1.29, 1.82) is 0 Å². The minimum absolute atomic E-state index is 0.0833. The number of carbonyl (C=O) groups is 2. The van der Waals surface area contributed by atoms with Crippen LogP contribution in [0, 0.1) is 26.7 Å². The molecule has 4 aliphatic rings. The first-order valence-corrected chi connectivity index (χ1v) is 16.9. The fourth-order valence-electron chi connectivity index (χ4n) is 7.62. The summed E-state index contributed by atoms with van der Waals surface area (Å²) >= 11 is 2.10. The largest absolute Gasteiger partial charge is 0.493 e. The first-order valence-electron chi connectivity index (χ1n) is 15.8. The Morgan fingerprint density at radius 3 is 2.51 bits per heavy atom. The molecule has 0 aliphatic heterocycles. The zero-order valence-corrected chi connectivity index (χ0v) is 28.4. The van der Waals surface area contributed by atoms with E-state index in [2.05, 4.69) is 41.8 Å². The second-order valence-electron chi connectivity index (χ2n) is 13.2. The van der Waals surface area contributed by atoms with Gasteiger partial charge in [0, 0.05) is 25.1 Å². The Labute approximate surface area is 279 Å². The van der Waals surface area contributed by atoms with E-state index in [1.54, 1.807) is 18.2 Å². The average Bonchev–Trinajstić information content (AvgIpc) is 3.04. The van der Waals surface area contributed by atoms with Gasteiger partial charge < -0.3 is 35.0 Å². The number of nitrogens with one attached hydrogen (secondary N) is 1. The molecule has 0 radical (unpaired) electrons. The molecule has 0 unspecified atom stereocenters. The topological polar surface area (TPSA) is 129 Å². The first kappa shape index (κ1) is 33.7. The predicted octanol–water partition coefficient (Wildman–Crippen LogP) is 3.85. The Balaban J connectivity index is 1.50. The van der Waals surface area contributed by atoms with Crippen LogP contribution in [-0.4, -0.2) is 77.1 Å². The lowest BCUT2D eigenvalue weighted by molar-refractivity contribution is -0.147. The van der Waals surface area contributed by atoms with Crippen LogP contribution < -0.4 is 14.8 Å². The summed E-state index contributed by atoms with van der Waals surface area (Å²) in [5, 5.41) is 33.8. The molecule has 0 saturated heterocycles. The molecular weight excluding hydrogens is 687 g/mol. The van der Waals surface area contributed by atoms with Crippen LogP contribution in [0.5, 0.6) is 11.5 Å². The van der Waals surface area contributed by atoms with Gasteiger partial charge in [-0.05, 0) is 94.4 Å². The van der Waals surface area contributed by atoms with E-state index in [-0.39, 0.29) is 49.8 Å². The van der Waals surface area contributed by atoms with Gasteiger partial charge in [0.15, 0.2) is 11.5 Å². The molecule has 4 N–H and O–H groups in total. The van der Waals surface area contributed by atoms with E-state index in [1.165, 1.54) is 7.11 Å². The number of rotatable bonds is 12. The van der Waals surface area contributed by atoms with Gasteiger partial charge in [-0.15, -0.1) is 0 Å². The summed E-state index contributed by atoms with van der Waals surface area (Å²) in [6.07, 6.45) is 3.17. The molecule has 0 heterocycles. The molecule has 2 aromatic rings. The van der Waals surface area contributed by atoms with Gasteiger partial charge >= 0.3 is 0 Å². The lowest BCUT2D eigenvalue weighted by Gasteiger charge is -2.61. The van der Waals surface area contributed by atoms with E-state index in [1.807, 2.05) is 35.2 Å². The number of amides is 2.